The summed E-state index contributed by atoms with van der Waals surface area (Å²) in [7, 11) is 1.66. The lowest BCUT2D eigenvalue weighted by atomic mass is 10.7. The predicted molar refractivity (Wildman–Crippen MR) is 48.2 cm³/mol. The highest BCUT2D eigenvalue weighted by atomic mass is 32.1. The first-order chi connectivity index (χ1) is 5.86. The Morgan fingerprint density at radius 2 is 2.42 bits per heavy atom. The molecule has 68 valence electrons. The van der Waals surface area contributed by atoms with E-state index >= 15 is 0 Å². The quantitative estimate of drug-likeness (QED) is 0.639. The number of nitrogens with one attached hydrogen (secondary N) is 1. The van der Waals surface area contributed by atoms with Crippen LogP contribution in [-0.2, 0) is 11.3 Å². The summed E-state index contributed by atoms with van der Waals surface area (Å²) in [6, 6.07) is 0. The molecule has 0 aliphatic heterocycles. The number of anilines is 1. The van der Waals surface area contributed by atoms with E-state index in [4.69, 9.17) is 10.5 Å². The van der Waals surface area contributed by atoms with Crippen molar-refractivity contribution >= 4 is 16.5 Å². The number of methoxy groups -OCH3 is 1. The van der Waals surface area contributed by atoms with E-state index in [1.165, 1.54) is 11.3 Å². The second-order valence-corrected chi connectivity index (χ2v) is 3.19. The van der Waals surface area contributed by atoms with Gasteiger partial charge in [0, 0.05) is 20.2 Å². The maximum atomic E-state index is 5.37. The minimum absolute atomic E-state index is 0.448. The monoisotopic (exact) mass is 188 g/mol. The van der Waals surface area contributed by atoms with Gasteiger partial charge < -0.3 is 15.8 Å². The summed E-state index contributed by atoms with van der Waals surface area (Å²) >= 11 is 1.47. The third-order valence-electron chi connectivity index (χ3n) is 1.22. The summed E-state index contributed by atoms with van der Waals surface area (Å²) in [6.45, 7) is 1.86. The minimum atomic E-state index is 0.448. The van der Waals surface area contributed by atoms with Crippen molar-refractivity contribution in [3.63, 3.8) is 0 Å². The number of nitrogens with two attached hydrogens (primary N) is 1. The summed E-state index contributed by atoms with van der Waals surface area (Å²) in [6.07, 6.45) is 0. The molecule has 0 saturated heterocycles. The van der Waals surface area contributed by atoms with E-state index in [1.807, 2.05) is 0 Å². The summed E-state index contributed by atoms with van der Waals surface area (Å²) < 4.78 is 4.87. The Balaban J connectivity index is 2.31. The molecular weight excluding hydrogens is 176 g/mol. The normalized spacial score (nSPS) is 10.2. The first kappa shape index (κ1) is 9.37. The van der Waals surface area contributed by atoms with E-state index in [2.05, 4.69) is 15.5 Å². The van der Waals surface area contributed by atoms with Gasteiger partial charge in [-0.2, -0.15) is 0 Å². The summed E-state index contributed by atoms with van der Waals surface area (Å²) in [5.74, 6) is 0. The molecule has 12 heavy (non-hydrogen) atoms. The molecule has 0 bridgehead atoms. The highest BCUT2D eigenvalue weighted by Gasteiger charge is 1.99. The summed E-state index contributed by atoms with van der Waals surface area (Å²) in [5.41, 5.74) is 5.37. The number of rotatable bonds is 5. The molecule has 0 aromatic carbocycles. The van der Waals surface area contributed by atoms with Gasteiger partial charge in [0.2, 0.25) is 5.13 Å². The van der Waals surface area contributed by atoms with Gasteiger partial charge in [0.15, 0.2) is 0 Å². The standard InChI is InChI=1S/C6H12N4OS/c1-11-3-2-8-6-10-9-5(4-7)12-6/h2-4,7H2,1H3,(H,8,10). The van der Waals surface area contributed by atoms with E-state index in [-0.39, 0.29) is 0 Å². The van der Waals surface area contributed by atoms with Crippen LogP contribution >= 0.6 is 11.3 Å². The lowest BCUT2D eigenvalue weighted by molar-refractivity contribution is 0.211. The molecule has 0 spiro atoms. The maximum absolute atomic E-state index is 5.37. The zero-order valence-corrected chi connectivity index (χ0v) is 7.73. The van der Waals surface area contributed by atoms with Gasteiger partial charge in [-0.05, 0) is 0 Å². The fourth-order valence-corrected chi connectivity index (χ4v) is 1.31. The van der Waals surface area contributed by atoms with Crippen LogP contribution in [-0.4, -0.2) is 30.5 Å². The van der Waals surface area contributed by atoms with Crippen LogP contribution in [0.25, 0.3) is 0 Å². The van der Waals surface area contributed by atoms with Crippen LogP contribution in [0.15, 0.2) is 0 Å². The highest BCUT2D eigenvalue weighted by Crippen LogP contribution is 2.13. The SMILES string of the molecule is COCCNc1nnc(CN)s1. The molecule has 0 fully saturated rings. The molecule has 6 heteroatoms. The first-order valence-corrected chi connectivity index (χ1v) is 4.43. The van der Waals surface area contributed by atoms with E-state index in [0.29, 0.717) is 13.2 Å². The summed E-state index contributed by atoms with van der Waals surface area (Å²) in [4.78, 5) is 0. The molecule has 0 atom stereocenters. The molecule has 0 aliphatic rings. The van der Waals surface area contributed by atoms with Crippen molar-refractivity contribution < 1.29 is 4.74 Å². The van der Waals surface area contributed by atoms with Crippen molar-refractivity contribution in [3.05, 3.63) is 5.01 Å². The van der Waals surface area contributed by atoms with Gasteiger partial charge in [0.1, 0.15) is 5.01 Å². The number of hydrogen-bond donors (Lipinski definition) is 2. The molecule has 1 rings (SSSR count). The molecular formula is C6H12N4OS. The van der Waals surface area contributed by atoms with Crippen LogP contribution in [0.4, 0.5) is 5.13 Å². The zero-order valence-electron chi connectivity index (χ0n) is 6.91. The van der Waals surface area contributed by atoms with Crippen LogP contribution in [0.5, 0.6) is 0 Å². The molecule has 0 unspecified atom stereocenters. The van der Waals surface area contributed by atoms with Crippen LogP contribution in [0.1, 0.15) is 5.01 Å². The lowest BCUT2D eigenvalue weighted by Gasteiger charge is -1.98. The smallest absolute Gasteiger partial charge is 0.205 e. The van der Waals surface area contributed by atoms with Crippen molar-refractivity contribution in [3.8, 4) is 0 Å². The van der Waals surface area contributed by atoms with Crippen LogP contribution < -0.4 is 11.1 Å². The Morgan fingerprint density at radius 1 is 1.58 bits per heavy atom. The summed E-state index contributed by atoms with van der Waals surface area (Å²) in [5, 5.41) is 12.4. The van der Waals surface area contributed by atoms with Crippen molar-refractivity contribution in [1.29, 1.82) is 0 Å². The van der Waals surface area contributed by atoms with Crippen LogP contribution in [0.2, 0.25) is 0 Å². The van der Waals surface area contributed by atoms with Gasteiger partial charge in [-0.1, -0.05) is 11.3 Å². The van der Waals surface area contributed by atoms with E-state index in [9.17, 15) is 0 Å². The molecule has 1 heterocycles. The van der Waals surface area contributed by atoms with Crippen molar-refractivity contribution in [2.45, 2.75) is 6.54 Å². The van der Waals surface area contributed by atoms with Gasteiger partial charge in [0.05, 0.1) is 6.61 Å². The number of hydrogen-bond acceptors (Lipinski definition) is 6. The first-order valence-electron chi connectivity index (χ1n) is 3.62. The fourth-order valence-electron chi connectivity index (χ4n) is 0.668. The van der Waals surface area contributed by atoms with Gasteiger partial charge >= 0.3 is 0 Å². The van der Waals surface area contributed by atoms with E-state index in [0.717, 1.165) is 16.7 Å². The van der Waals surface area contributed by atoms with Gasteiger partial charge in [-0.3, -0.25) is 0 Å². The average Bonchev–Trinajstić information content (AvgIpc) is 2.53. The molecule has 1 aromatic heterocycles. The number of nitrogens with zero attached hydrogens (tertiary/aromatic N) is 2. The van der Waals surface area contributed by atoms with Crippen molar-refractivity contribution in [2.24, 2.45) is 5.73 Å². The maximum Gasteiger partial charge on any atom is 0.205 e. The Kier molecular flexibility index (Phi) is 3.92. The Bertz CT molecular complexity index is 227. The lowest BCUT2D eigenvalue weighted by Crippen LogP contribution is -2.06. The Morgan fingerprint density at radius 3 is 3.00 bits per heavy atom. The topological polar surface area (TPSA) is 73.1 Å². The zero-order chi connectivity index (χ0) is 8.81. The molecule has 1 aromatic rings. The number of aromatic nitrogens is 2. The molecule has 0 saturated carbocycles. The molecule has 3 N–H and O–H groups in total. The van der Waals surface area contributed by atoms with Gasteiger partial charge in [0.25, 0.3) is 0 Å². The molecule has 0 amide bonds. The molecule has 0 aliphatic carbocycles. The largest absolute Gasteiger partial charge is 0.383 e. The van der Waals surface area contributed by atoms with Crippen LogP contribution in [0, 0.1) is 0 Å². The van der Waals surface area contributed by atoms with Crippen molar-refractivity contribution in [2.75, 3.05) is 25.6 Å². The second-order valence-electron chi connectivity index (χ2n) is 2.12. The van der Waals surface area contributed by atoms with Crippen LogP contribution in [0.3, 0.4) is 0 Å². The molecule has 5 nitrogen and oxygen atoms in total. The highest BCUT2D eigenvalue weighted by molar-refractivity contribution is 7.15. The van der Waals surface area contributed by atoms with Gasteiger partial charge in [-0.25, -0.2) is 0 Å². The van der Waals surface area contributed by atoms with Crippen molar-refractivity contribution in [1.82, 2.24) is 10.2 Å². The minimum Gasteiger partial charge on any atom is -0.383 e. The van der Waals surface area contributed by atoms with Gasteiger partial charge in [-0.15, -0.1) is 10.2 Å². The Labute approximate surface area is 74.9 Å². The third kappa shape index (κ3) is 2.72. The number of ether oxygens (including phenoxy) is 1. The molecule has 0 radical (unpaired) electrons. The Hall–Kier alpha value is -0.720. The average molecular weight is 188 g/mol. The van der Waals surface area contributed by atoms with E-state index in [1.54, 1.807) is 7.11 Å². The van der Waals surface area contributed by atoms with E-state index < -0.39 is 0 Å². The third-order valence-corrected chi connectivity index (χ3v) is 2.13. The second kappa shape index (κ2) is 5.02. The predicted octanol–water partition coefficient (Wildman–Crippen LogP) is 0.0551. The fraction of sp³-hybridized carbons (Fsp3) is 0.667.